The minimum atomic E-state index is -0.488. The molecular formula is C12H20N2O3. The van der Waals surface area contributed by atoms with Crippen molar-refractivity contribution in [2.24, 2.45) is 11.1 Å². The van der Waals surface area contributed by atoms with Gasteiger partial charge in [-0.3, -0.25) is 4.79 Å². The van der Waals surface area contributed by atoms with Gasteiger partial charge in [0.25, 0.3) is 0 Å². The lowest BCUT2D eigenvalue weighted by Crippen LogP contribution is -2.77. The van der Waals surface area contributed by atoms with Gasteiger partial charge in [-0.1, -0.05) is 0 Å². The van der Waals surface area contributed by atoms with Gasteiger partial charge < -0.3 is 15.8 Å². The van der Waals surface area contributed by atoms with Gasteiger partial charge in [0.1, 0.15) is 5.60 Å². The average molecular weight is 240 g/mol. The SMILES string of the molecule is CC(C)(C)OC(=O)NC12CC(C(=O)CN)(C1)C2. The standard InChI is InChI=1S/C12H20N2O3/c1-10(2,3)17-9(16)14-12-5-11(6-12,7-12)8(15)4-13/h4-7,13H2,1-3H3,(H,14,16). The van der Waals surface area contributed by atoms with Gasteiger partial charge in [-0.05, 0) is 40.0 Å². The van der Waals surface area contributed by atoms with E-state index < -0.39 is 11.7 Å². The molecule has 0 atom stereocenters. The predicted octanol–water partition coefficient (Wildman–Crippen LogP) is 0.962. The maximum Gasteiger partial charge on any atom is 0.408 e. The summed E-state index contributed by atoms with van der Waals surface area (Å²) in [6, 6.07) is 0. The Morgan fingerprint density at radius 2 is 1.82 bits per heavy atom. The maximum absolute atomic E-state index is 11.6. The van der Waals surface area contributed by atoms with Crippen molar-refractivity contribution in [1.82, 2.24) is 5.32 Å². The fourth-order valence-corrected chi connectivity index (χ4v) is 2.95. The molecule has 0 heterocycles. The highest BCUT2D eigenvalue weighted by atomic mass is 16.6. The third-order valence-corrected chi connectivity index (χ3v) is 3.57. The van der Waals surface area contributed by atoms with Crippen LogP contribution >= 0.6 is 0 Å². The Hall–Kier alpha value is -1.10. The molecule has 0 spiro atoms. The molecule has 3 saturated carbocycles. The van der Waals surface area contributed by atoms with E-state index in [1.165, 1.54) is 0 Å². The fourth-order valence-electron chi connectivity index (χ4n) is 2.95. The van der Waals surface area contributed by atoms with Gasteiger partial charge >= 0.3 is 6.09 Å². The molecule has 5 nitrogen and oxygen atoms in total. The van der Waals surface area contributed by atoms with Crippen molar-refractivity contribution in [3.8, 4) is 0 Å². The van der Waals surface area contributed by atoms with Crippen molar-refractivity contribution in [2.45, 2.75) is 51.2 Å². The van der Waals surface area contributed by atoms with Crippen LogP contribution in [0.3, 0.4) is 0 Å². The molecule has 0 aromatic carbocycles. The zero-order valence-electron chi connectivity index (χ0n) is 10.6. The van der Waals surface area contributed by atoms with Crippen LogP contribution in [0.5, 0.6) is 0 Å². The van der Waals surface area contributed by atoms with E-state index in [-0.39, 0.29) is 23.3 Å². The molecule has 3 rings (SSSR count). The van der Waals surface area contributed by atoms with E-state index in [4.69, 9.17) is 10.5 Å². The maximum atomic E-state index is 11.6. The van der Waals surface area contributed by atoms with Crippen LogP contribution in [0.15, 0.2) is 0 Å². The largest absolute Gasteiger partial charge is 0.444 e. The third-order valence-electron chi connectivity index (χ3n) is 3.57. The Kier molecular flexibility index (Phi) is 2.51. The third kappa shape index (κ3) is 2.04. The number of hydrogen-bond donors (Lipinski definition) is 2. The molecule has 3 aliphatic rings. The van der Waals surface area contributed by atoms with Crippen LogP contribution in [0.2, 0.25) is 0 Å². The highest BCUT2D eigenvalue weighted by Gasteiger charge is 2.71. The Bertz CT molecular complexity index is 351. The smallest absolute Gasteiger partial charge is 0.408 e. The predicted molar refractivity (Wildman–Crippen MR) is 62.4 cm³/mol. The fraction of sp³-hybridized carbons (Fsp3) is 0.833. The first-order valence-corrected chi connectivity index (χ1v) is 5.95. The van der Waals surface area contributed by atoms with Gasteiger partial charge in [-0.25, -0.2) is 4.79 Å². The van der Waals surface area contributed by atoms with Crippen molar-refractivity contribution in [1.29, 1.82) is 0 Å². The highest BCUT2D eigenvalue weighted by molar-refractivity contribution is 5.91. The van der Waals surface area contributed by atoms with Crippen LogP contribution in [-0.2, 0) is 9.53 Å². The van der Waals surface area contributed by atoms with Crippen LogP contribution in [0.4, 0.5) is 4.79 Å². The topological polar surface area (TPSA) is 81.4 Å². The van der Waals surface area contributed by atoms with E-state index in [1.807, 2.05) is 20.8 Å². The Balaban J connectivity index is 1.82. The number of nitrogens with two attached hydrogens (primary N) is 1. The molecule has 0 radical (unpaired) electrons. The molecule has 3 fully saturated rings. The number of Topliss-reactive ketones (excluding diaryl/α,β-unsaturated/α-hetero) is 1. The average Bonchev–Trinajstić information content (AvgIpc) is 2.04. The first-order valence-electron chi connectivity index (χ1n) is 5.95. The van der Waals surface area contributed by atoms with Gasteiger partial charge in [0.15, 0.2) is 5.78 Å². The molecule has 0 aromatic heterocycles. The number of rotatable bonds is 3. The summed E-state index contributed by atoms with van der Waals surface area (Å²) in [5.74, 6) is 0.116. The van der Waals surface area contributed by atoms with Crippen molar-refractivity contribution in [2.75, 3.05) is 6.54 Å². The number of alkyl carbamates (subject to hydrolysis) is 1. The second kappa shape index (κ2) is 3.45. The molecule has 1 amide bonds. The number of carbonyl (C=O) groups is 2. The van der Waals surface area contributed by atoms with Gasteiger partial charge in [-0.15, -0.1) is 0 Å². The normalized spacial score (nSPS) is 34.4. The zero-order chi connectivity index (χ0) is 12.9. The summed E-state index contributed by atoms with van der Waals surface area (Å²) in [5.41, 5.74) is 4.44. The lowest BCUT2D eigenvalue weighted by Gasteiger charge is -2.69. The van der Waals surface area contributed by atoms with Crippen LogP contribution in [-0.4, -0.2) is 29.6 Å². The molecule has 0 saturated heterocycles. The second-order valence-electron chi connectivity index (χ2n) is 6.35. The molecule has 2 bridgehead atoms. The molecule has 0 aliphatic heterocycles. The van der Waals surface area contributed by atoms with Crippen LogP contribution in [0.25, 0.3) is 0 Å². The van der Waals surface area contributed by atoms with Crippen molar-refractivity contribution in [3.63, 3.8) is 0 Å². The van der Waals surface area contributed by atoms with E-state index in [9.17, 15) is 9.59 Å². The number of carbonyl (C=O) groups excluding carboxylic acids is 2. The van der Waals surface area contributed by atoms with Gasteiger partial charge in [0, 0.05) is 11.0 Å². The molecule has 96 valence electrons. The molecular weight excluding hydrogens is 220 g/mol. The highest BCUT2D eigenvalue weighted by Crippen LogP contribution is 2.67. The molecule has 5 heteroatoms. The number of hydrogen-bond acceptors (Lipinski definition) is 4. The second-order valence-corrected chi connectivity index (χ2v) is 6.35. The molecule has 17 heavy (non-hydrogen) atoms. The summed E-state index contributed by atoms with van der Waals surface area (Å²) in [5, 5.41) is 2.86. The van der Waals surface area contributed by atoms with E-state index in [0.29, 0.717) is 0 Å². The minimum absolute atomic E-state index is 0.0997. The molecule has 3 aliphatic carbocycles. The number of ether oxygens (including phenoxy) is 1. The van der Waals surface area contributed by atoms with Gasteiger partial charge in [-0.2, -0.15) is 0 Å². The number of nitrogens with one attached hydrogen (secondary N) is 1. The van der Waals surface area contributed by atoms with Crippen LogP contribution in [0, 0.1) is 5.41 Å². The summed E-state index contributed by atoms with van der Waals surface area (Å²) in [6.07, 6.45) is 1.76. The summed E-state index contributed by atoms with van der Waals surface area (Å²) in [4.78, 5) is 23.1. The van der Waals surface area contributed by atoms with Crippen LogP contribution < -0.4 is 11.1 Å². The van der Waals surface area contributed by atoms with Gasteiger partial charge in [0.05, 0.1) is 6.54 Å². The molecule has 0 unspecified atom stereocenters. The lowest BCUT2D eigenvalue weighted by molar-refractivity contribution is -0.175. The van der Waals surface area contributed by atoms with E-state index in [1.54, 1.807) is 0 Å². The van der Waals surface area contributed by atoms with E-state index >= 15 is 0 Å². The molecule has 3 N–H and O–H groups in total. The summed E-state index contributed by atoms with van der Waals surface area (Å²) in [6.45, 7) is 5.58. The van der Waals surface area contributed by atoms with Crippen molar-refractivity contribution in [3.05, 3.63) is 0 Å². The first kappa shape index (κ1) is 12.4. The van der Waals surface area contributed by atoms with Gasteiger partial charge in [0.2, 0.25) is 0 Å². The zero-order valence-corrected chi connectivity index (χ0v) is 10.6. The summed E-state index contributed by atoms with van der Waals surface area (Å²) < 4.78 is 5.19. The monoisotopic (exact) mass is 240 g/mol. The van der Waals surface area contributed by atoms with E-state index in [0.717, 1.165) is 19.3 Å². The summed E-state index contributed by atoms with van der Waals surface area (Å²) in [7, 11) is 0. The van der Waals surface area contributed by atoms with Crippen molar-refractivity contribution < 1.29 is 14.3 Å². The number of ketones is 1. The Labute approximate surface area is 101 Å². The van der Waals surface area contributed by atoms with Crippen LogP contribution in [0.1, 0.15) is 40.0 Å². The number of amides is 1. The lowest BCUT2D eigenvalue weighted by atomic mass is 9.38. The summed E-state index contributed by atoms with van der Waals surface area (Å²) >= 11 is 0. The molecule has 0 aromatic rings. The van der Waals surface area contributed by atoms with E-state index in [2.05, 4.69) is 5.32 Å². The first-order chi connectivity index (χ1) is 7.70. The Morgan fingerprint density at radius 1 is 1.29 bits per heavy atom. The quantitative estimate of drug-likeness (QED) is 0.770. The Morgan fingerprint density at radius 3 is 2.24 bits per heavy atom. The van der Waals surface area contributed by atoms with Crippen molar-refractivity contribution >= 4 is 11.9 Å². The minimum Gasteiger partial charge on any atom is -0.444 e.